The lowest BCUT2D eigenvalue weighted by atomic mass is 9.90. The van der Waals surface area contributed by atoms with Crippen molar-refractivity contribution < 1.29 is 31.1 Å². The summed E-state index contributed by atoms with van der Waals surface area (Å²) in [6, 6.07) is 1.50. The van der Waals surface area contributed by atoms with Crippen molar-refractivity contribution in [2.24, 2.45) is 5.41 Å². The van der Waals surface area contributed by atoms with Gasteiger partial charge in [-0.05, 0) is 42.5 Å². The van der Waals surface area contributed by atoms with E-state index in [1.54, 1.807) is 6.08 Å². The van der Waals surface area contributed by atoms with Gasteiger partial charge in [0.15, 0.2) is 0 Å². The second-order valence-corrected chi connectivity index (χ2v) is 6.45. The Bertz CT molecular complexity index is 539. The zero-order valence-electron chi connectivity index (χ0n) is 13.7. The van der Waals surface area contributed by atoms with Crippen LogP contribution in [0.4, 0.5) is 26.3 Å². The van der Waals surface area contributed by atoms with E-state index in [0.717, 1.165) is 0 Å². The highest BCUT2D eigenvalue weighted by Crippen LogP contribution is 2.38. The van der Waals surface area contributed by atoms with E-state index in [0.29, 0.717) is 18.6 Å². The number of hydrogen-bond donors (Lipinski definition) is 0. The molecule has 136 valence electrons. The Morgan fingerprint density at radius 3 is 1.83 bits per heavy atom. The van der Waals surface area contributed by atoms with Gasteiger partial charge in [-0.25, -0.2) is 0 Å². The minimum atomic E-state index is -4.86. The SMILES string of the molecule is C=CCC(C)(C)CO[C@H](C)c1cc(C(F)(F)F)cc(C(F)(F)F)c1. The quantitative estimate of drug-likeness (QED) is 0.424. The Kier molecular flexibility index (Phi) is 6.14. The summed E-state index contributed by atoms with van der Waals surface area (Å²) in [6.45, 7) is 8.95. The van der Waals surface area contributed by atoms with Crippen LogP contribution in [0.2, 0.25) is 0 Å². The van der Waals surface area contributed by atoms with Crippen molar-refractivity contribution in [1.29, 1.82) is 0 Å². The van der Waals surface area contributed by atoms with E-state index in [4.69, 9.17) is 4.74 Å². The van der Waals surface area contributed by atoms with Crippen LogP contribution >= 0.6 is 0 Å². The summed E-state index contributed by atoms with van der Waals surface area (Å²) in [5.41, 5.74) is -3.15. The molecule has 24 heavy (non-hydrogen) atoms. The molecule has 0 aromatic heterocycles. The number of rotatable bonds is 6. The topological polar surface area (TPSA) is 9.23 Å². The second-order valence-electron chi connectivity index (χ2n) is 6.45. The molecule has 0 aliphatic carbocycles. The van der Waals surface area contributed by atoms with Crippen LogP contribution in [0.1, 0.15) is 50.0 Å². The number of benzene rings is 1. The summed E-state index contributed by atoms with van der Waals surface area (Å²) >= 11 is 0. The first-order chi connectivity index (χ1) is 10.8. The van der Waals surface area contributed by atoms with E-state index in [9.17, 15) is 26.3 Å². The molecule has 0 radical (unpaired) electrons. The van der Waals surface area contributed by atoms with Crippen molar-refractivity contribution in [3.63, 3.8) is 0 Å². The van der Waals surface area contributed by atoms with E-state index in [2.05, 4.69) is 6.58 Å². The van der Waals surface area contributed by atoms with Crippen LogP contribution in [-0.2, 0) is 17.1 Å². The lowest BCUT2D eigenvalue weighted by Crippen LogP contribution is -2.20. The van der Waals surface area contributed by atoms with Gasteiger partial charge in [-0.1, -0.05) is 19.9 Å². The Balaban J connectivity index is 3.11. The third-order valence-electron chi connectivity index (χ3n) is 3.50. The molecule has 0 N–H and O–H groups in total. The van der Waals surface area contributed by atoms with Gasteiger partial charge in [0.1, 0.15) is 0 Å². The van der Waals surface area contributed by atoms with Crippen LogP contribution in [0.25, 0.3) is 0 Å². The Labute approximate surface area is 137 Å². The molecule has 0 bridgehead atoms. The zero-order chi connectivity index (χ0) is 18.8. The Morgan fingerprint density at radius 2 is 1.46 bits per heavy atom. The second kappa shape index (κ2) is 7.17. The zero-order valence-corrected chi connectivity index (χ0v) is 13.7. The average molecular weight is 354 g/mol. The third-order valence-corrected chi connectivity index (χ3v) is 3.50. The van der Waals surface area contributed by atoms with Gasteiger partial charge in [0.2, 0.25) is 0 Å². The van der Waals surface area contributed by atoms with Crippen LogP contribution in [0, 0.1) is 5.41 Å². The first kappa shape index (κ1) is 20.5. The minimum Gasteiger partial charge on any atom is -0.373 e. The summed E-state index contributed by atoms with van der Waals surface area (Å²) in [5, 5.41) is 0. The van der Waals surface area contributed by atoms with Gasteiger partial charge in [-0.3, -0.25) is 0 Å². The molecule has 0 aliphatic heterocycles. The minimum absolute atomic E-state index is 0.109. The summed E-state index contributed by atoms with van der Waals surface area (Å²) in [6.07, 6.45) is -8.34. The highest BCUT2D eigenvalue weighted by molar-refractivity contribution is 5.34. The molecule has 7 heteroatoms. The predicted molar refractivity (Wildman–Crippen MR) is 79.4 cm³/mol. The average Bonchev–Trinajstić information content (AvgIpc) is 2.42. The van der Waals surface area contributed by atoms with Crippen molar-refractivity contribution in [2.75, 3.05) is 6.61 Å². The Hall–Kier alpha value is -1.50. The maximum atomic E-state index is 12.9. The monoisotopic (exact) mass is 354 g/mol. The van der Waals surface area contributed by atoms with E-state index >= 15 is 0 Å². The molecule has 0 spiro atoms. The largest absolute Gasteiger partial charge is 0.416 e. The molecule has 0 saturated carbocycles. The number of halogens is 6. The lowest BCUT2D eigenvalue weighted by Gasteiger charge is -2.26. The van der Waals surface area contributed by atoms with Gasteiger partial charge in [0.25, 0.3) is 0 Å². The van der Waals surface area contributed by atoms with E-state index < -0.39 is 29.6 Å². The number of hydrogen-bond acceptors (Lipinski definition) is 1. The summed E-state index contributed by atoms with van der Waals surface area (Å²) in [7, 11) is 0. The van der Waals surface area contributed by atoms with Gasteiger partial charge >= 0.3 is 12.4 Å². The molecule has 0 fully saturated rings. The van der Waals surface area contributed by atoms with Crippen molar-refractivity contribution >= 4 is 0 Å². The normalized spacial score (nSPS) is 14.5. The molecule has 0 heterocycles. The van der Waals surface area contributed by atoms with Crippen molar-refractivity contribution in [1.82, 2.24) is 0 Å². The van der Waals surface area contributed by atoms with E-state index in [1.165, 1.54) is 6.92 Å². The van der Waals surface area contributed by atoms with Crippen molar-refractivity contribution in [3.05, 3.63) is 47.5 Å². The first-order valence-corrected chi connectivity index (χ1v) is 7.28. The van der Waals surface area contributed by atoms with Gasteiger partial charge < -0.3 is 4.74 Å². The maximum Gasteiger partial charge on any atom is 0.416 e. The molecular formula is C17H20F6O. The first-order valence-electron chi connectivity index (χ1n) is 7.28. The number of allylic oxidation sites excluding steroid dienone is 1. The number of ether oxygens (including phenoxy) is 1. The summed E-state index contributed by atoms with van der Waals surface area (Å²) in [4.78, 5) is 0. The van der Waals surface area contributed by atoms with Gasteiger partial charge in [-0.2, -0.15) is 26.3 Å². The van der Waals surface area contributed by atoms with Crippen LogP contribution < -0.4 is 0 Å². The third kappa shape index (κ3) is 5.85. The molecule has 1 aromatic rings. The summed E-state index contributed by atoms with van der Waals surface area (Å²) in [5.74, 6) is 0. The fourth-order valence-electron chi connectivity index (χ4n) is 2.11. The highest BCUT2D eigenvalue weighted by Gasteiger charge is 2.37. The molecule has 0 amide bonds. The fraction of sp³-hybridized carbons (Fsp3) is 0.529. The Morgan fingerprint density at radius 1 is 1.00 bits per heavy atom. The van der Waals surface area contributed by atoms with Crippen LogP contribution in [0.15, 0.2) is 30.9 Å². The van der Waals surface area contributed by atoms with Crippen LogP contribution in [0.5, 0.6) is 0 Å². The standard InChI is InChI=1S/C17H20F6O/c1-5-6-15(3,4)10-24-11(2)12-7-13(16(18,19)20)9-14(8-12)17(21,22)23/h5,7-9,11H,1,6,10H2,2-4H3/t11-/m1/s1. The molecule has 1 rings (SSSR count). The maximum absolute atomic E-state index is 12.9. The molecule has 0 aliphatic rings. The highest BCUT2D eigenvalue weighted by atomic mass is 19.4. The van der Waals surface area contributed by atoms with Crippen LogP contribution in [-0.4, -0.2) is 6.61 Å². The lowest BCUT2D eigenvalue weighted by molar-refractivity contribution is -0.143. The molecule has 1 aromatic carbocycles. The van der Waals surface area contributed by atoms with Crippen molar-refractivity contribution in [3.8, 4) is 0 Å². The molecule has 1 atom stereocenters. The fourth-order valence-corrected chi connectivity index (χ4v) is 2.11. The molecule has 0 saturated heterocycles. The van der Waals surface area contributed by atoms with E-state index in [1.807, 2.05) is 13.8 Å². The van der Waals surface area contributed by atoms with Gasteiger partial charge in [0, 0.05) is 0 Å². The van der Waals surface area contributed by atoms with Crippen molar-refractivity contribution in [2.45, 2.75) is 45.6 Å². The van der Waals surface area contributed by atoms with Gasteiger partial charge in [0.05, 0.1) is 23.8 Å². The summed E-state index contributed by atoms with van der Waals surface area (Å²) < 4.78 is 82.6. The molecule has 1 nitrogen and oxygen atoms in total. The number of alkyl halides is 6. The smallest absolute Gasteiger partial charge is 0.373 e. The predicted octanol–water partition coefficient (Wildman–Crippen LogP) is 6.40. The molecule has 0 unspecified atom stereocenters. The van der Waals surface area contributed by atoms with E-state index in [-0.39, 0.29) is 23.7 Å². The molecular weight excluding hydrogens is 334 g/mol. The van der Waals surface area contributed by atoms with Gasteiger partial charge in [-0.15, -0.1) is 6.58 Å². The van der Waals surface area contributed by atoms with Crippen LogP contribution in [0.3, 0.4) is 0 Å².